The Bertz CT molecular complexity index is 385. The Morgan fingerprint density at radius 3 is 2.67 bits per heavy atom. The Balaban J connectivity index is 2.11. The lowest BCUT2D eigenvalue weighted by molar-refractivity contribution is 0.283. The van der Waals surface area contributed by atoms with E-state index < -0.39 is 0 Å². The summed E-state index contributed by atoms with van der Waals surface area (Å²) in [5.74, 6) is 0. The van der Waals surface area contributed by atoms with Crippen LogP contribution in [0.1, 0.15) is 43.3 Å². The van der Waals surface area contributed by atoms with Crippen molar-refractivity contribution < 1.29 is 0 Å². The quantitative estimate of drug-likeness (QED) is 0.888. The summed E-state index contributed by atoms with van der Waals surface area (Å²) in [5.41, 5.74) is 4.34. The van der Waals surface area contributed by atoms with E-state index >= 15 is 0 Å². The van der Waals surface area contributed by atoms with Crippen LogP contribution in [-0.2, 0) is 6.54 Å². The first-order valence-electron chi connectivity index (χ1n) is 7.20. The van der Waals surface area contributed by atoms with E-state index in [0.29, 0.717) is 6.04 Å². The van der Waals surface area contributed by atoms with Crippen molar-refractivity contribution >= 4 is 0 Å². The minimum Gasteiger partial charge on any atom is -0.346 e. The maximum atomic E-state index is 3.47. The van der Waals surface area contributed by atoms with E-state index in [1.807, 2.05) is 0 Å². The minimum absolute atomic E-state index is 0.560. The Kier molecular flexibility index (Phi) is 4.46. The van der Waals surface area contributed by atoms with Gasteiger partial charge in [-0.25, -0.2) is 0 Å². The molecule has 1 saturated heterocycles. The predicted octanol–water partition coefficient (Wildman–Crippen LogP) is 2.48. The zero-order valence-electron chi connectivity index (χ0n) is 12.3. The second kappa shape index (κ2) is 5.89. The molecule has 0 radical (unpaired) electrons. The minimum atomic E-state index is 0.560. The predicted molar refractivity (Wildman–Crippen MR) is 77.1 cm³/mol. The lowest BCUT2D eigenvalue weighted by Gasteiger charge is -2.20. The van der Waals surface area contributed by atoms with Gasteiger partial charge in [-0.3, -0.25) is 4.90 Å². The first-order valence-corrected chi connectivity index (χ1v) is 7.20. The molecule has 102 valence electrons. The van der Waals surface area contributed by atoms with Gasteiger partial charge in [-0.15, -0.1) is 0 Å². The molecular weight excluding hydrogens is 222 g/mol. The molecule has 2 rings (SSSR count). The normalized spacial score (nSPS) is 18.3. The molecule has 0 amide bonds. The molecule has 1 aromatic heterocycles. The Labute approximate surface area is 111 Å². The fourth-order valence-electron chi connectivity index (χ4n) is 3.10. The molecule has 2 heterocycles. The topological polar surface area (TPSA) is 20.2 Å². The molecule has 0 bridgehead atoms. The van der Waals surface area contributed by atoms with Crippen LogP contribution in [0.25, 0.3) is 0 Å². The van der Waals surface area contributed by atoms with Gasteiger partial charge in [0.2, 0.25) is 0 Å². The second-order valence-corrected chi connectivity index (χ2v) is 5.74. The van der Waals surface area contributed by atoms with Crippen LogP contribution >= 0.6 is 0 Å². The molecular formula is C15H27N3. The maximum absolute atomic E-state index is 3.47. The van der Waals surface area contributed by atoms with E-state index in [0.717, 1.165) is 13.1 Å². The highest BCUT2D eigenvalue weighted by molar-refractivity contribution is 5.27. The molecule has 0 saturated carbocycles. The molecule has 0 atom stereocenters. The van der Waals surface area contributed by atoms with Gasteiger partial charge < -0.3 is 9.88 Å². The summed E-state index contributed by atoms with van der Waals surface area (Å²) in [4.78, 5) is 2.58. The van der Waals surface area contributed by atoms with Crippen molar-refractivity contribution in [2.24, 2.45) is 0 Å². The number of nitrogens with zero attached hydrogens (tertiary/aromatic N) is 2. The van der Waals surface area contributed by atoms with Crippen LogP contribution in [0.4, 0.5) is 0 Å². The third kappa shape index (κ3) is 2.96. The van der Waals surface area contributed by atoms with Gasteiger partial charge in [-0.2, -0.15) is 0 Å². The van der Waals surface area contributed by atoms with E-state index in [2.05, 4.69) is 48.5 Å². The van der Waals surface area contributed by atoms with E-state index in [4.69, 9.17) is 0 Å². The molecule has 1 N–H and O–H groups in total. The first kappa shape index (κ1) is 13.6. The average molecular weight is 249 g/mol. The average Bonchev–Trinajstić information content (AvgIpc) is 2.51. The third-order valence-electron chi connectivity index (χ3n) is 3.93. The summed E-state index contributed by atoms with van der Waals surface area (Å²) in [5, 5.41) is 3.47. The Morgan fingerprint density at radius 1 is 1.22 bits per heavy atom. The van der Waals surface area contributed by atoms with Gasteiger partial charge in [0.05, 0.1) is 0 Å². The molecule has 1 aromatic rings. The number of nitrogens with one attached hydrogen (secondary N) is 1. The molecule has 0 spiro atoms. The van der Waals surface area contributed by atoms with Gasteiger partial charge in [0, 0.05) is 37.1 Å². The van der Waals surface area contributed by atoms with Gasteiger partial charge in [0.25, 0.3) is 0 Å². The van der Waals surface area contributed by atoms with Crippen LogP contribution in [0.2, 0.25) is 0 Å². The standard InChI is InChI=1S/C15H27N3/c1-12(2)18-13(3)10-15(14(18)4)11-17-8-5-6-16-7-9-17/h10,12,16H,5-9,11H2,1-4H3. The van der Waals surface area contributed by atoms with Gasteiger partial charge in [0.1, 0.15) is 0 Å². The lowest BCUT2D eigenvalue weighted by Crippen LogP contribution is -2.27. The third-order valence-corrected chi connectivity index (χ3v) is 3.93. The molecule has 0 aromatic carbocycles. The summed E-state index contributed by atoms with van der Waals surface area (Å²) < 4.78 is 2.45. The molecule has 3 heteroatoms. The molecule has 1 fully saturated rings. The van der Waals surface area contributed by atoms with Crippen molar-refractivity contribution in [2.75, 3.05) is 26.2 Å². The molecule has 18 heavy (non-hydrogen) atoms. The monoisotopic (exact) mass is 249 g/mol. The smallest absolute Gasteiger partial charge is 0.0279 e. The Hall–Kier alpha value is -0.800. The van der Waals surface area contributed by atoms with Crippen LogP contribution in [0.3, 0.4) is 0 Å². The Morgan fingerprint density at radius 2 is 2.00 bits per heavy atom. The molecule has 3 nitrogen and oxygen atoms in total. The van der Waals surface area contributed by atoms with Crippen molar-refractivity contribution in [1.29, 1.82) is 0 Å². The van der Waals surface area contributed by atoms with Crippen molar-refractivity contribution in [3.05, 3.63) is 23.0 Å². The van der Waals surface area contributed by atoms with E-state index in [9.17, 15) is 0 Å². The molecule has 0 aliphatic carbocycles. The molecule has 1 aliphatic rings. The largest absolute Gasteiger partial charge is 0.346 e. The number of hydrogen-bond donors (Lipinski definition) is 1. The number of aryl methyl sites for hydroxylation is 1. The van der Waals surface area contributed by atoms with Crippen LogP contribution in [-0.4, -0.2) is 35.6 Å². The van der Waals surface area contributed by atoms with Crippen LogP contribution < -0.4 is 5.32 Å². The summed E-state index contributed by atoms with van der Waals surface area (Å²) in [6, 6.07) is 2.93. The number of hydrogen-bond acceptors (Lipinski definition) is 2. The molecule has 1 aliphatic heterocycles. The zero-order chi connectivity index (χ0) is 13.1. The SMILES string of the molecule is Cc1cc(CN2CCCNCC2)c(C)n1C(C)C. The van der Waals surface area contributed by atoms with Crippen LogP contribution in [0.15, 0.2) is 6.07 Å². The van der Waals surface area contributed by atoms with E-state index in [-0.39, 0.29) is 0 Å². The summed E-state index contributed by atoms with van der Waals surface area (Å²) in [6.07, 6.45) is 1.27. The highest BCUT2D eigenvalue weighted by Gasteiger charge is 2.15. The zero-order valence-corrected chi connectivity index (χ0v) is 12.3. The molecule has 0 unspecified atom stereocenters. The van der Waals surface area contributed by atoms with Crippen molar-refractivity contribution in [3.63, 3.8) is 0 Å². The van der Waals surface area contributed by atoms with Crippen molar-refractivity contribution in [3.8, 4) is 0 Å². The fraction of sp³-hybridized carbons (Fsp3) is 0.733. The number of aromatic nitrogens is 1. The fourth-order valence-corrected chi connectivity index (χ4v) is 3.10. The maximum Gasteiger partial charge on any atom is 0.0279 e. The van der Waals surface area contributed by atoms with Crippen LogP contribution in [0, 0.1) is 13.8 Å². The first-order chi connectivity index (χ1) is 8.59. The van der Waals surface area contributed by atoms with E-state index in [1.165, 1.54) is 43.0 Å². The van der Waals surface area contributed by atoms with Crippen LogP contribution in [0.5, 0.6) is 0 Å². The van der Waals surface area contributed by atoms with Gasteiger partial charge >= 0.3 is 0 Å². The van der Waals surface area contributed by atoms with E-state index in [1.54, 1.807) is 0 Å². The van der Waals surface area contributed by atoms with Gasteiger partial charge in [-0.1, -0.05) is 0 Å². The highest BCUT2D eigenvalue weighted by atomic mass is 15.2. The summed E-state index contributed by atoms with van der Waals surface area (Å²) >= 11 is 0. The van der Waals surface area contributed by atoms with Gasteiger partial charge in [0.15, 0.2) is 0 Å². The van der Waals surface area contributed by atoms with Gasteiger partial charge in [-0.05, 0) is 58.8 Å². The highest BCUT2D eigenvalue weighted by Crippen LogP contribution is 2.21. The number of rotatable bonds is 3. The van der Waals surface area contributed by atoms with Crippen molar-refractivity contribution in [1.82, 2.24) is 14.8 Å². The lowest BCUT2D eigenvalue weighted by atomic mass is 10.2. The summed E-state index contributed by atoms with van der Waals surface area (Å²) in [7, 11) is 0. The second-order valence-electron chi connectivity index (χ2n) is 5.74. The van der Waals surface area contributed by atoms with Crippen molar-refractivity contribution in [2.45, 2.75) is 46.7 Å². The summed E-state index contributed by atoms with van der Waals surface area (Å²) in [6.45, 7) is 14.8.